The van der Waals surface area contributed by atoms with Crippen molar-refractivity contribution in [2.45, 2.75) is 117 Å². The Hall–Kier alpha value is -0.870. The average Bonchev–Trinajstić information content (AvgIpc) is 2.73. The van der Waals surface area contributed by atoms with Crippen LogP contribution < -0.4 is 0 Å². The Morgan fingerprint density at radius 2 is 1.34 bits per heavy atom. The van der Waals surface area contributed by atoms with Crippen LogP contribution in [0.1, 0.15) is 111 Å². The Labute approximate surface area is 181 Å². The summed E-state index contributed by atoms with van der Waals surface area (Å²) >= 11 is 0. The first kappa shape index (κ1) is 28.1. The lowest BCUT2D eigenvalue weighted by atomic mass is 10.1. The van der Waals surface area contributed by atoms with Crippen molar-refractivity contribution in [3.05, 3.63) is 12.2 Å². The van der Waals surface area contributed by atoms with Crippen LogP contribution in [0.5, 0.6) is 0 Å². The summed E-state index contributed by atoms with van der Waals surface area (Å²) in [5, 5.41) is 9.91. The van der Waals surface area contributed by atoms with E-state index in [0.717, 1.165) is 25.9 Å². The van der Waals surface area contributed by atoms with Crippen molar-refractivity contribution in [2.75, 3.05) is 26.2 Å². The smallest absolute Gasteiger partial charge is 0.305 e. The Morgan fingerprint density at radius 3 is 1.90 bits per heavy atom. The van der Waals surface area contributed by atoms with E-state index < -0.39 is 6.10 Å². The highest BCUT2D eigenvalue weighted by atomic mass is 16.5. The molecule has 4 heteroatoms. The van der Waals surface area contributed by atoms with Crippen LogP contribution in [0.15, 0.2) is 12.2 Å². The zero-order chi connectivity index (χ0) is 21.6. The van der Waals surface area contributed by atoms with Crippen molar-refractivity contribution in [3.8, 4) is 0 Å². The van der Waals surface area contributed by atoms with Gasteiger partial charge in [-0.05, 0) is 45.2 Å². The van der Waals surface area contributed by atoms with Crippen molar-refractivity contribution in [2.24, 2.45) is 0 Å². The molecule has 0 bridgehead atoms. The first-order chi connectivity index (χ1) is 14.1. The van der Waals surface area contributed by atoms with E-state index in [0.29, 0.717) is 13.0 Å². The van der Waals surface area contributed by atoms with Gasteiger partial charge in [0, 0.05) is 13.0 Å². The van der Waals surface area contributed by atoms with Gasteiger partial charge in [0.05, 0.1) is 0 Å². The molecule has 0 spiro atoms. The quantitative estimate of drug-likeness (QED) is 0.137. The van der Waals surface area contributed by atoms with Gasteiger partial charge in [0.15, 0.2) is 0 Å². The second-order valence-corrected chi connectivity index (χ2v) is 8.16. The van der Waals surface area contributed by atoms with Crippen LogP contribution in [0.25, 0.3) is 0 Å². The van der Waals surface area contributed by atoms with E-state index >= 15 is 0 Å². The molecule has 0 radical (unpaired) electrons. The molecule has 0 rings (SSSR count). The van der Waals surface area contributed by atoms with E-state index in [2.05, 4.69) is 37.8 Å². The number of allylic oxidation sites excluding steroid dienone is 2. The predicted molar refractivity (Wildman–Crippen MR) is 124 cm³/mol. The first-order valence-corrected chi connectivity index (χ1v) is 12.3. The topological polar surface area (TPSA) is 49.8 Å². The lowest BCUT2D eigenvalue weighted by Gasteiger charge is -2.21. The maximum Gasteiger partial charge on any atom is 0.305 e. The number of ether oxygens (including phenoxy) is 1. The van der Waals surface area contributed by atoms with Crippen molar-refractivity contribution in [1.82, 2.24) is 4.90 Å². The van der Waals surface area contributed by atoms with Gasteiger partial charge in [0.1, 0.15) is 12.7 Å². The summed E-state index contributed by atoms with van der Waals surface area (Å²) in [5.74, 6) is -0.179. The van der Waals surface area contributed by atoms with Crippen LogP contribution in [0.3, 0.4) is 0 Å². The number of carbonyl (C=O) groups excluding carboxylic acids is 1. The Bertz CT molecular complexity index is 380. The first-order valence-electron chi connectivity index (χ1n) is 12.3. The number of nitrogens with zero attached hydrogens (tertiary/aromatic N) is 1. The van der Waals surface area contributed by atoms with E-state index in [1.165, 1.54) is 70.6 Å². The minimum Gasteiger partial charge on any atom is -0.463 e. The average molecular weight is 412 g/mol. The molecular formula is C25H49NO3. The molecule has 1 atom stereocenters. The van der Waals surface area contributed by atoms with Gasteiger partial charge in [-0.3, -0.25) is 4.79 Å². The molecule has 0 fully saturated rings. The molecule has 1 unspecified atom stereocenters. The summed E-state index contributed by atoms with van der Waals surface area (Å²) in [6.07, 6.45) is 20.8. The normalized spacial score (nSPS) is 12.7. The van der Waals surface area contributed by atoms with Gasteiger partial charge in [-0.2, -0.15) is 0 Å². The van der Waals surface area contributed by atoms with E-state index in [9.17, 15) is 9.90 Å². The van der Waals surface area contributed by atoms with E-state index in [-0.39, 0.29) is 12.6 Å². The van der Waals surface area contributed by atoms with Gasteiger partial charge < -0.3 is 14.7 Å². The summed E-state index contributed by atoms with van der Waals surface area (Å²) in [6.45, 7) is 8.87. The highest BCUT2D eigenvalue weighted by Gasteiger charge is 2.11. The molecule has 0 aliphatic rings. The fraction of sp³-hybridized carbons (Fsp3) is 0.880. The van der Waals surface area contributed by atoms with E-state index in [1.807, 2.05) is 0 Å². The number of unbranched alkanes of at least 4 members (excludes halogenated alkanes) is 11. The highest BCUT2D eigenvalue weighted by molar-refractivity contribution is 5.69. The molecule has 0 amide bonds. The molecule has 0 saturated carbocycles. The minimum absolute atomic E-state index is 0.112. The largest absolute Gasteiger partial charge is 0.463 e. The third-order valence-corrected chi connectivity index (χ3v) is 5.44. The van der Waals surface area contributed by atoms with Gasteiger partial charge >= 0.3 is 5.97 Å². The third kappa shape index (κ3) is 20.2. The van der Waals surface area contributed by atoms with Crippen LogP contribution in [-0.2, 0) is 9.53 Å². The van der Waals surface area contributed by atoms with Crippen molar-refractivity contribution in [3.63, 3.8) is 0 Å². The third-order valence-electron chi connectivity index (χ3n) is 5.44. The van der Waals surface area contributed by atoms with Crippen LogP contribution in [0, 0.1) is 0 Å². The molecule has 4 nitrogen and oxygen atoms in total. The van der Waals surface area contributed by atoms with Crippen molar-refractivity contribution < 1.29 is 14.6 Å². The fourth-order valence-electron chi connectivity index (χ4n) is 3.43. The number of aliphatic hydroxyl groups is 1. The summed E-state index contributed by atoms with van der Waals surface area (Å²) in [7, 11) is 0. The summed E-state index contributed by atoms with van der Waals surface area (Å²) in [6, 6.07) is 0. The van der Waals surface area contributed by atoms with Crippen LogP contribution >= 0.6 is 0 Å². The minimum atomic E-state index is -0.590. The molecule has 0 aromatic rings. The number of rotatable bonds is 21. The molecule has 0 aliphatic heterocycles. The SMILES string of the molecule is CCCCCCCCC=CCCCCCCCC(=O)OCC(O)CN(CC)CC. The van der Waals surface area contributed by atoms with Crippen molar-refractivity contribution in [1.29, 1.82) is 0 Å². The molecule has 172 valence electrons. The second kappa shape index (κ2) is 21.8. The van der Waals surface area contributed by atoms with Gasteiger partial charge in [0.2, 0.25) is 0 Å². The van der Waals surface area contributed by atoms with Crippen LogP contribution in [0.4, 0.5) is 0 Å². The van der Waals surface area contributed by atoms with E-state index in [4.69, 9.17) is 4.74 Å². The summed E-state index contributed by atoms with van der Waals surface area (Å²) in [5.41, 5.74) is 0. The number of aliphatic hydroxyl groups excluding tert-OH is 1. The van der Waals surface area contributed by atoms with Crippen LogP contribution in [-0.4, -0.2) is 48.3 Å². The lowest BCUT2D eigenvalue weighted by molar-refractivity contribution is -0.147. The maximum atomic E-state index is 11.8. The monoisotopic (exact) mass is 411 g/mol. The number of hydrogen-bond acceptors (Lipinski definition) is 4. The second-order valence-electron chi connectivity index (χ2n) is 8.16. The Morgan fingerprint density at radius 1 is 0.828 bits per heavy atom. The number of carbonyl (C=O) groups is 1. The molecular weight excluding hydrogens is 362 g/mol. The van der Waals surface area contributed by atoms with Gasteiger partial charge in [-0.15, -0.1) is 0 Å². The number of esters is 1. The maximum absolute atomic E-state index is 11.8. The van der Waals surface area contributed by atoms with Gasteiger partial charge in [0.25, 0.3) is 0 Å². The number of hydrogen-bond donors (Lipinski definition) is 1. The molecule has 0 aromatic carbocycles. The summed E-state index contributed by atoms with van der Waals surface area (Å²) in [4.78, 5) is 13.9. The zero-order valence-electron chi connectivity index (χ0n) is 19.7. The Balaban J connectivity index is 3.39. The van der Waals surface area contributed by atoms with E-state index in [1.54, 1.807) is 0 Å². The van der Waals surface area contributed by atoms with Gasteiger partial charge in [-0.1, -0.05) is 84.3 Å². The zero-order valence-corrected chi connectivity index (χ0v) is 19.7. The molecule has 0 aromatic heterocycles. The molecule has 0 saturated heterocycles. The number of likely N-dealkylation sites (N-methyl/N-ethyl adjacent to an activating group) is 1. The molecule has 0 heterocycles. The fourth-order valence-corrected chi connectivity index (χ4v) is 3.43. The highest BCUT2D eigenvalue weighted by Crippen LogP contribution is 2.10. The predicted octanol–water partition coefficient (Wildman–Crippen LogP) is 6.27. The molecule has 0 aliphatic carbocycles. The molecule has 1 N–H and O–H groups in total. The standard InChI is InChI=1S/C25H49NO3/c1-4-7-8-9-10-11-12-13-14-15-16-17-18-19-20-21-25(28)29-23-24(27)22-26(5-2)6-3/h13-14,24,27H,4-12,15-23H2,1-3H3. The van der Waals surface area contributed by atoms with Crippen LogP contribution in [0.2, 0.25) is 0 Å². The van der Waals surface area contributed by atoms with Gasteiger partial charge in [-0.25, -0.2) is 0 Å². The molecule has 29 heavy (non-hydrogen) atoms. The summed E-state index contributed by atoms with van der Waals surface area (Å²) < 4.78 is 5.19. The van der Waals surface area contributed by atoms with Crippen molar-refractivity contribution >= 4 is 5.97 Å². The Kier molecular flexibility index (Phi) is 21.2. The lowest BCUT2D eigenvalue weighted by Crippen LogP contribution is -2.35.